The predicted octanol–water partition coefficient (Wildman–Crippen LogP) is 5.71. The molecule has 122 valence electrons. The first-order chi connectivity index (χ1) is 11.8. The summed E-state index contributed by atoms with van der Waals surface area (Å²) in [5, 5.41) is 0. The lowest BCUT2D eigenvalue weighted by Gasteiger charge is -2.36. The lowest BCUT2D eigenvalue weighted by Crippen LogP contribution is -2.33. The van der Waals surface area contributed by atoms with Crippen LogP contribution >= 0.6 is 0 Å². The van der Waals surface area contributed by atoms with E-state index in [-0.39, 0.29) is 0 Å². The van der Waals surface area contributed by atoms with Crippen LogP contribution in [-0.4, -0.2) is 6.61 Å². The van der Waals surface area contributed by atoms with Crippen LogP contribution in [0.4, 0.5) is 0 Å². The van der Waals surface area contributed by atoms with E-state index in [0.29, 0.717) is 6.61 Å². The quantitative estimate of drug-likeness (QED) is 0.529. The summed E-state index contributed by atoms with van der Waals surface area (Å²) >= 11 is 0. The van der Waals surface area contributed by atoms with Gasteiger partial charge in [0.15, 0.2) is 0 Å². The second kappa shape index (κ2) is 7.46. The number of aryl methyl sites for hydroxylation is 1. The van der Waals surface area contributed by atoms with Crippen molar-refractivity contribution in [2.75, 3.05) is 6.61 Å². The van der Waals surface area contributed by atoms with Gasteiger partial charge in [0.05, 0.1) is 0 Å². The maximum Gasteiger partial charge on any atom is 0.143 e. The van der Waals surface area contributed by atoms with Gasteiger partial charge in [-0.15, -0.1) is 0 Å². The van der Waals surface area contributed by atoms with Gasteiger partial charge in [0.25, 0.3) is 0 Å². The molecule has 0 aliphatic heterocycles. The fourth-order valence-corrected chi connectivity index (χ4v) is 3.14. The van der Waals surface area contributed by atoms with E-state index in [4.69, 9.17) is 4.74 Å². The average molecular weight is 316 g/mol. The van der Waals surface area contributed by atoms with Gasteiger partial charge in [-0.2, -0.15) is 0 Å². The molecule has 1 nitrogen and oxygen atoms in total. The van der Waals surface area contributed by atoms with E-state index in [9.17, 15) is 0 Å². The van der Waals surface area contributed by atoms with Crippen LogP contribution in [0.2, 0.25) is 0 Å². The van der Waals surface area contributed by atoms with Crippen molar-refractivity contribution in [1.29, 1.82) is 0 Å². The third-order valence-corrected chi connectivity index (χ3v) is 4.34. The van der Waals surface area contributed by atoms with Crippen molar-refractivity contribution in [3.8, 4) is 0 Å². The molecule has 0 spiro atoms. The molecule has 0 fully saturated rings. The molecule has 0 saturated heterocycles. The minimum atomic E-state index is -0.577. The van der Waals surface area contributed by atoms with Crippen molar-refractivity contribution in [3.05, 3.63) is 107 Å². The van der Waals surface area contributed by atoms with Crippen molar-refractivity contribution in [1.82, 2.24) is 0 Å². The summed E-state index contributed by atoms with van der Waals surface area (Å²) in [6.45, 7) is 4.97. The highest BCUT2D eigenvalue weighted by Gasteiger charge is 2.37. The lowest BCUT2D eigenvalue weighted by atomic mass is 9.80. The maximum absolute atomic E-state index is 6.58. The molecule has 0 amide bonds. The molecule has 0 heterocycles. The van der Waals surface area contributed by atoms with Crippen LogP contribution in [0.15, 0.2) is 84.9 Å². The SMILES string of the molecule is CCCOC(c1ccccc1)(c1ccccc1)c1ccc(C)cc1. The molecule has 0 atom stereocenters. The second-order valence-corrected chi connectivity index (χ2v) is 6.13. The number of benzene rings is 3. The highest BCUT2D eigenvalue weighted by molar-refractivity contribution is 5.47. The molecule has 0 aliphatic carbocycles. The molecular formula is C23H24O. The topological polar surface area (TPSA) is 9.23 Å². The van der Waals surface area contributed by atoms with Crippen LogP contribution in [0.1, 0.15) is 35.6 Å². The number of hydrogen-bond donors (Lipinski definition) is 0. The Balaban J connectivity index is 2.26. The molecule has 0 bridgehead atoms. The maximum atomic E-state index is 6.58. The van der Waals surface area contributed by atoms with Gasteiger partial charge in [0, 0.05) is 6.61 Å². The fourth-order valence-electron chi connectivity index (χ4n) is 3.14. The molecular weight excluding hydrogens is 292 g/mol. The monoisotopic (exact) mass is 316 g/mol. The average Bonchev–Trinajstić information content (AvgIpc) is 2.65. The summed E-state index contributed by atoms with van der Waals surface area (Å²) in [6, 6.07) is 29.7. The normalized spacial score (nSPS) is 11.4. The van der Waals surface area contributed by atoms with E-state index in [1.165, 1.54) is 11.1 Å². The second-order valence-electron chi connectivity index (χ2n) is 6.13. The Labute approximate surface area is 144 Å². The highest BCUT2D eigenvalue weighted by Crippen LogP contribution is 2.40. The molecule has 0 N–H and O–H groups in total. The van der Waals surface area contributed by atoms with Gasteiger partial charge in [-0.25, -0.2) is 0 Å². The zero-order valence-corrected chi connectivity index (χ0v) is 14.4. The van der Waals surface area contributed by atoms with E-state index in [2.05, 4.69) is 86.6 Å². The number of ether oxygens (including phenoxy) is 1. The summed E-state index contributed by atoms with van der Waals surface area (Å²) < 4.78 is 6.58. The Hall–Kier alpha value is -2.38. The number of hydrogen-bond acceptors (Lipinski definition) is 1. The fraction of sp³-hybridized carbons (Fsp3) is 0.217. The van der Waals surface area contributed by atoms with E-state index in [0.717, 1.165) is 17.5 Å². The Kier molecular flexibility index (Phi) is 5.12. The van der Waals surface area contributed by atoms with Gasteiger partial charge in [-0.1, -0.05) is 97.4 Å². The van der Waals surface area contributed by atoms with Crippen LogP contribution in [0.5, 0.6) is 0 Å². The minimum absolute atomic E-state index is 0.577. The Morgan fingerprint density at radius 3 is 1.58 bits per heavy atom. The summed E-state index contributed by atoms with van der Waals surface area (Å²) in [7, 11) is 0. The molecule has 3 aromatic rings. The molecule has 1 heteroatoms. The predicted molar refractivity (Wildman–Crippen MR) is 100 cm³/mol. The minimum Gasteiger partial charge on any atom is -0.361 e. The van der Waals surface area contributed by atoms with Crippen LogP contribution in [-0.2, 0) is 10.3 Å². The van der Waals surface area contributed by atoms with Gasteiger partial charge in [-0.3, -0.25) is 0 Å². The first kappa shape index (κ1) is 16.5. The first-order valence-electron chi connectivity index (χ1n) is 8.59. The zero-order chi connectivity index (χ0) is 16.8. The van der Waals surface area contributed by atoms with Gasteiger partial charge in [-0.05, 0) is 30.0 Å². The first-order valence-corrected chi connectivity index (χ1v) is 8.59. The lowest BCUT2D eigenvalue weighted by molar-refractivity contribution is 0.0133. The zero-order valence-electron chi connectivity index (χ0n) is 14.4. The molecule has 3 aromatic carbocycles. The summed E-state index contributed by atoms with van der Waals surface area (Å²) in [6.07, 6.45) is 0.979. The Morgan fingerprint density at radius 2 is 1.12 bits per heavy atom. The molecule has 3 rings (SSSR count). The Morgan fingerprint density at radius 1 is 0.667 bits per heavy atom. The van der Waals surface area contributed by atoms with E-state index < -0.39 is 5.60 Å². The molecule has 0 aromatic heterocycles. The van der Waals surface area contributed by atoms with Crippen molar-refractivity contribution in [2.24, 2.45) is 0 Å². The highest BCUT2D eigenvalue weighted by atomic mass is 16.5. The van der Waals surface area contributed by atoms with Crippen LogP contribution in [0, 0.1) is 6.92 Å². The van der Waals surface area contributed by atoms with Crippen molar-refractivity contribution in [2.45, 2.75) is 25.9 Å². The molecule has 0 aliphatic rings. The van der Waals surface area contributed by atoms with Gasteiger partial charge in [0.1, 0.15) is 5.60 Å². The molecule has 0 unspecified atom stereocenters. The van der Waals surface area contributed by atoms with Crippen LogP contribution in [0.3, 0.4) is 0 Å². The van der Waals surface area contributed by atoms with E-state index in [1.54, 1.807) is 0 Å². The third-order valence-electron chi connectivity index (χ3n) is 4.34. The third kappa shape index (κ3) is 3.13. The van der Waals surface area contributed by atoms with Gasteiger partial charge >= 0.3 is 0 Å². The van der Waals surface area contributed by atoms with Crippen molar-refractivity contribution >= 4 is 0 Å². The Bertz CT molecular complexity index is 706. The summed E-state index contributed by atoms with van der Waals surface area (Å²) in [5.41, 5.74) is 4.16. The van der Waals surface area contributed by atoms with E-state index in [1.807, 2.05) is 12.1 Å². The van der Waals surface area contributed by atoms with Crippen molar-refractivity contribution < 1.29 is 4.74 Å². The van der Waals surface area contributed by atoms with Crippen LogP contribution < -0.4 is 0 Å². The molecule has 0 radical (unpaired) electrons. The van der Waals surface area contributed by atoms with Crippen LogP contribution in [0.25, 0.3) is 0 Å². The summed E-state index contributed by atoms with van der Waals surface area (Å²) in [5.74, 6) is 0. The van der Waals surface area contributed by atoms with Gasteiger partial charge < -0.3 is 4.74 Å². The largest absolute Gasteiger partial charge is 0.361 e. The standard InChI is InChI=1S/C23H24O/c1-3-18-24-23(20-10-6-4-7-11-20,21-12-8-5-9-13-21)22-16-14-19(2)15-17-22/h4-17H,3,18H2,1-2H3. The van der Waals surface area contributed by atoms with E-state index >= 15 is 0 Å². The molecule has 0 saturated carbocycles. The summed E-state index contributed by atoms with van der Waals surface area (Å²) in [4.78, 5) is 0. The molecule has 24 heavy (non-hydrogen) atoms. The van der Waals surface area contributed by atoms with Gasteiger partial charge in [0.2, 0.25) is 0 Å². The van der Waals surface area contributed by atoms with Crippen molar-refractivity contribution in [3.63, 3.8) is 0 Å². The number of rotatable bonds is 6. The smallest absolute Gasteiger partial charge is 0.143 e.